The van der Waals surface area contributed by atoms with Crippen molar-refractivity contribution in [3.63, 3.8) is 0 Å². The molecule has 1 fully saturated rings. The van der Waals surface area contributed by atoms with Gasteiger partial charge in [0.25, 0.3) is 10.0 Å². The smallest absolute Gasteiger partial charge is 0.264 e. The van der Waals surface area contributed by atoms with Crippen LogP contribution in [0.2, 0.25) is 0 Å². The summed E-state index contributed by atoms with van der Waals surface area (Å²) in [6.45, 7) is 4.57. The van der Waals surface area contributed by atoms with E-state index in [1.54, 1.807) is 16.4 Å². The van der Waals surface area contributed by atoms with Crippen molar-refractivity contribution < 1.29 is 8.42 Å². The Bertz CT molecular complexity index is 943. The monoisotopic (exact) mass is 453 g/mol. The lowest BCUT2D eigenvalue weighted by Crippen LogP contribution is -2.27. The van der Waals surface area contributed by atoms with E-state index in [1.807, 2.05) is 55.6 Å². The minimum absolute atomic E-state index is 0.363. The van der Waals surface area contributed by atoms with E-state index >= 15 is 0 Å². The zero-order valence-electron chi connectivity index (χ0n) is 19.8. The number of benzene rings is 2. The highest BCUT2D eigenvalue weighted by molar-refractivity contribution is 7.89. The molecule has 0 atom stereocenters. The summed E-state index contributed by atoms with van der Waals surface area (Å²) in [6.07, 6.45) is 14.0. The third kappa shape index (κ3) is 6.96. The molecular formula is C28H39NO2S. The first-order valence-corrected chi connectivity index (χ1v) is 13.8. The first-order chi connectivity index (χ1) is 15.5. The maximum Gasteiger partial charge on any atom is 0.264 e. The van der Waals surface area contributed by atoms with Gasteiger partial charge < -0.3 is 0 Å². The predicted molar refractivity (Wildman–Crippen MR) is 134 cm³/mol. The van der Waals surface area contributed by atoms with E-state index in [9.17, 15) is 8.42 Å². The number of allylic oxidation sites excluding steroid dienone is 1. The zero-order valence-corrected chi connectivity index (χ0v) is 20.6. The van der Waals surface area contributed by atoms with E-state index in [0.717, 1.165) is 24.0 Å². The van der Waals surface area contributed by atoms with Crippen molar-refractivity contribution in [3.8, 4) is 0 Å². The third-order valence-electron chi connectivity index (χ3n) is 6.57. The number of nitrogens with zero attached hydrogens (tertiary/aromatic N) is 1. The fraction of sp³-hybridized carbons (Fsp3) is 0.500. The van der Waals surface area contributed by atoms with Crippen LogP contribution in [0.1, 0.15) is 82.3 Å². The van der Waals surface area contributed by atoms with E-state index in [4.69, 9.17) is 0 Å². The molecule has 2 aromatic rings. The molecule has 0 unspecified atom stereocenters. The third-order valence-corrected chi connectivity index (χ3v) is 8.29. The Morgan fingerprint density at radius 1 is 0.938 bits per heavy atom. The molecule has 0 N–H and O–H groups in total. The molecule has 0 aromatic heterocycles. The Morgan fingerprint density at radius 2 is 1.62 bits per heavy atom. The maximum atomic E-state index is 13.7. The van der Waals surface area contributed by atoms with Crippen LogP contribution in [0.4, 0.5) is 0 Å². The van der Waals surface area contributed by atoms with Crippen molar-refractivity contribution in [1.82, 2.24) is 4.31 Å². The standard InChI is InChI=1S/C28H39NO2S/c1-3-4-5-10-17-27(26-15-11-7-12-16-26)23-29(22-25-13-8-6-9-14-25)32(30,31)28-20-18-24(2)19-21-28/h6,8-9,13-14,18-21,23,26H,3-5,7,10-12,15-17,22H2,1-2H3/b27-23+. The van der Waals surface area contributed by atoms with Crippen LogP contribution in [0.5, 0.6) is 0 Å². The Balaban J connectivity index is 1.95. The molecule has 174 valence electrons. The van der Waals surface area contributed by atoms with E-state index in [-0.39, 0.29) is 0 Å². The Labute approximate surface area is 195 Å². The summed E-state index contributed by atoms with van der Waals surface area (Å²) in [4.78, 5) is 0.365. The van der Waals surface area contributed by atoms with Gasteiger partial charge in [0.2, 0.25) is 0 Å². The molecule has 0 heterocycles. The Kier molecular flexibility index (Phi) is 9.40. The Hall–Kier alpha value is -2.07. The fourth-order valence-electron chi connectivity index (χ4n) is 4.60. The van der Waals surface area contributed by atoms with E-state index in [1.165, 1.54) is 56.9 Å². The van der Waals surface area contributed by atoms with Crippen LogP contribution in [-0.2, 0) is 16.6 Å². The number of aryl methyl sites for hydroxylation is 1. The summed E-state index contributed by atoms with van der Waals surface area (Å²) in [5.41, 5.74) is 3.40. The highest BCUT2D eigenvalue weighted by Crippen LogP contribution is 2.34. The second-order valence-corrected chi connectivity index (χ2v) is 11.1. The van der Waals surface area contributed by atoms with Crippen molar-refractivity contribution in [3.05, 3.63) is 77.5 Å². The van der Waals surface area contributed by atoms with Crippen LogP contribution in [0.15, 0.2) is 71.3 Å². The molecule has 0 radical (unpaired) electrons. The van der Waals surface area contributed by atoms with Gasteiger partial charge in [-0.25, -0.2) is 8.42 Å². The summed E-state index contributed by atoms with van der Waals surface area (Å²) >= 11 is 0. The highest BCUT2D eigenvalue weighted by Gasteiger charge is 2.25. The van der Waals surface area contributed by atoms with Gasteiger partial charge in [-0.15, -0.1) is 0 Å². The van der Waals surface area contributed by atoms with Crippen molar-refractivity contribution in [2.75, 3.05) is 0 Å². The van der Waals surface area contributed by atoms with E-state index in [0.29, 0.717) is 17.4 Å². The SMILES string of the molecule is CCCCCC/C(=C\N(Cc1ccccc1)S(=O)(=O)c1ccc(C)cc1)C1CCCCC1. The first kappa shape index (κ1) is 24.6. The zero-order chi connectivity index (χ0) is 22.8. The molecule has 1 aliphatic carbocycles. The second kappa shape index (κ2) is 12.2. The van der Waals surface area contributed by atoms with Gasteiger partial charge in [-0.05, 0) is 56.2 Å². The van der Waals surface area contributed by atoms with Crippen LogP contribution >= 0.6 is 0 Å². The number of rotatable bonds is 11. The Morgan fingerprint density at radius 3 is 2.28 bits per heavy atom. The molecule has 3 nitrogen and oxygen atoms in total. The molecule has 4 heteroatoms. The number of hydrogen-bond donors (Lipinski definition) is 0. The lowest BCUT2D eigenvalue weighted by Gasteiger charge is -2.28. The van der Waals surface area contributed by atoms with Crippen molar-refractivity contribution in [1.29, 1.82) is 0 Å². The molecular weight excluding hydrogens is 414 g/mol. The largest absolute Gasteiger partial charge is 0.269 e. The van der Waals surface area contributed by atoms with Gasteiger partial charge in [-0.2, -0.15) is 0 Å². The first-order valence-electron chi connectivity index (χ1n) is 12.3. The van der Waals surface area contributed by atoms with Crippen molar-refractivity contribution in [2.45, 2.75) is 89.5 Å². The quantitative estimate of drug-likeness (QED) is 0.328. The average molecular weight is 454 g/mol. The number of hydrogen-bond acceptors (Lipinski definition) is 2. The van der Waals surface area contributed by atoms with Gasteiger partial charge in [-0.3, -0.25) is 4.31 Å². The van der Waals surface area contributed by atoms with Gasteiger partial charge in [0.1, 0.15) is 0 Å². The molecule has 0 aliphatic heterocycles. The van der Waals surface area contributed by atoms with E-state index in [2.05, 4.69) is 6.92 Å². The van der Waals surface area contributed by atoms with Gasteiger partial charge in [0.15, 0.2) is 0 Å². The minimum Gasteiger partial charge on any atom is -0.269 e. The van der Waals surface area contributed by atoms with Gasteiger partial charge in [0.05, 0.1) is 11.4 Å². The highest BCUT2D eigenvalue weighted by atomic mass is 32.2. The van der Waals surface area contributed by atoms with Crippen LogP contribution in [-0.4, -0.2) is 12.7 Å². The summed E-state index contributed by atoms with van der Waals surface area (Å²) in [5, 5.41) is 0. The molecule has 1 saturated carbocycles. The topological polar surface area (TPSA) is 37.4 Å². The molecule has 32 heavy (non-hydrogen) atoms. The van der Waals surface area contributed by atoms with Crippen LogP contribution < -0.4 is 0 Å². The second-order valence-electron chi connectivity index (χ2n) is 9.20. The molecule has 1 aliphatic rings. The van der Waals surface area contributed by atoms with Crippen LogP contribution in [0.25, 0.3) is 0 Å². The number of sulfonamides is 1. The molecule has 0 saturated heterocycles. The normalized spacial score (nSPS) is 15.6. The average Bonchev–Trinajstić information content (AvgIpc) is 2.82. The van der Waals surface area contributed by atoms with Crippen molar-refractivity contribution >= 4 is 10.0 Å². The van der Waals surface area contributed by atoms with E-state index < -0.39 is 10.0 Å². The number of unbranched alkanes of at least 4 members (excludes halogenated alkanes) is 3. The van der Waals surface area contributed by atoms with Gasteiger partial charge >= 0.3 is 0 Å². The molecule has 0 bridgehead atoms. The summed E-state index contributed by atoms with van der Waals surface area (Å²) in [7, 11) is -3.63. The van der Waals surface area contributed by atoms with Crippen LogP contribution in [0.3, 0.4) is 0 Å². The molecule has 3 rings (SSSR count). The molecule has 0 spiro atoms. The summed E-state index contributed by atoms with van der Waals surface area (Å²) < 4.78 is 29.1. The van der Waals surface area contributed by atoms with Gasteiger partial charge in [0, 0.05) is 6.20 Å². The van der Waals surface area contributed by atoms with Crippen LogP contribution in [0, 0.1) is 12.8 Å². The predicted octanol–water partition coefficient (Wildman–Crippen LogP) is 7.62. The van der Waals surface area contributed by atoms with Crippen molar-refractivity contribution in [2.24, 2.45) is 5.92 Å². The maximum absolute atomic E-state index is 13.7. The fourth-order valence-corrected chi connectivity index (χ4v) is 5.94. The lowest BCUT2D eigenvalue weighted by molar-refractivity contribution is 0.384. The lowest BCUT2D eigenvalue weighted by atomic mass is 9.82. The molecule has 2 aromatic carbocycles. The summed E-state index contributed by atoms with van der Waals surface area (Å²) in [6, 6.07) is 17.2. The summed E-state index contributed by atoms with van der Waals surface area (Å²) in [5.74, 6) is 0.511. The van der Waals surface area contributed by atoms with Gasteiger partial charge in [-0.1, -0.05) is 99.0 Å². The molecule has 0 amide bonds. The minimum atomic E-state index is -3.63.